The Balaban J connectivity index is 1.97. The second-order valence-corrected chi connectivity index (χ2v) is 8.63. The summed E-state index contributed by atoms with van der Waals surface area (Å²) in [5.41, 5.74) is 3.79. The van der Waals surface area contributed by atoms with Crippen LogP contribution in [0.3, 0.4) is 0 Å². The van der Waals surface area contributed by atoms with Crippen LogP contribution < -0.4 is 0 Å². The van der Waals surface area contributed by atoms with E-state index in [-0.39, 0.29) is 5.41 Å². The monoisotopic (exact) mass is 288 g/mol. The summed E-state index contributed by atoms with van der Waals surface area (Å²) in [5.74, 6) is 2.07. The first-order valence-electron chi connectivity index (χ1n) is 8.92. The average molecular weight is 288 g/mol. The van der Waals surface area contributed by atoms with Gasteiger partial charge in [0.2, 0.25) is 0 Å². The molecule has 0 bridgehead atoms. The lowest BCUT2D eigenvalue weighted by atomic mass is 9.47. The zero-order valence-corrected chi connectivity index (χ0v) is 14.3. The van der Waals surface area contributed by atoms with Crippen molar-refractivity contribution in [2.24, 2.45) is 28.6 Å². The number of aliphatic hydroxyl groups is 1. The summed E-state index contributed by atoms with van der Waals surface area (Å²) in [6.07, 6.45) is 12.6. The van der Waals surface area contributed by atoms with Gasteiger partial charge < -0.3 is 5.11 Å². The van der Waals surface area contributed by atoms with Gasteiger partial charge in [0, 0.05) is 6.61 Å². The third-order valence-electron chi connectivity index (χ3n) is 7.06. The van der Waals surface area contributed by atoms with Crippen LogP contribution in [0.15, 0.2) is 23.3 Å². The van der Waals surface area contributed by atoms with E-state index in [9.17, 15) is 5.11 Å². The Bertz CT molecular complexity index is 472. The first-order valence-corrected chi connectivity index (χ1v) is 8.92. The first kappa shape index (κ1) is 15.3. The Kier molecular flexibility index (Phi) is 3.84. The molecule has 0 radical (unpaired) electrons. The van der Waals surface area contributed by atoms with Crippen molar-refractivity contribution in [2.45, 2.75) is 66.2 Å². The molecular formula is C20H32O. The smallest absolute Gasteiger partial charge is 0.0487 e. The van der Waals surface area contributed by atoms with E-state index >= 15 is 0 Å². The Labute approximate surface area is 130 Å². The van der Waals surface area contributed by atoms with Crippen LogP contribution in [-0.2, 0) is 0 Å². The molecule has 1 fully saturated rings. The largest absolute Gasteiger partial charge is 0.396 e. The maximum Gasteiger partial charge on any atom is 0.0487 e. The standard InChI is InChI=1S/C20H32O/c1-14(2)15-6-8-17-16(12-15)7-9-18-19(3,13-21)10-5-11-20(17,18)4/h7,12,14,17-18,21H,5-6,8-11,13H2,1-4H3/t17?,18?,19-,20-/m1/s1. The Hall–Kier alpha value is -0.560. The van der Waals surface area contributed by atoms with E-state index in [1.54, 1.807) is 11.1 Å². The number of hydrogen-bond acceptors (Lipinski definition) is 1. The van der Waals surface area contributed by atoms with Crippen molar-refractivity contribution < 1.29 is 5.11 Å². The highest BCUT2D eigenvalue weighted by atomic mass is 16.3. The van der Waals surface area contributed by atoms with Crippen molar-refractivity contribution in [1.29, 1.82) is 0 Å². The van der Waals surface area contributed by atoms with Crippen molar-refractivity contribution in [1.82, 2.24) is 0 Å². The van der Waals surface area contributed by atoms with Crippen LogP contribution in [0, 0.1) is 28.6 Å². The highest BCUT2D eigenvalue weighted by Gasteiger charge is 2.53. The van der Waals surface area contributed by atoms with Crippen molar-refractivity contribution in [2.75, 3.05) is 6.61 Å². The van der Waals surface area contributed by atoms with Crippen molar-refractivity contribution in [3.8, 4) is 0 Å². The molecule has 0 heterocycles. The van der Waals surface area contributed by atoms with Gasteiger partial charge in [-0.25, -0.2) is 0 Å². The molecule has 0 aromatic rings. The maximum absolute atomic E-state index is 9.98. The van der Waals surface area contributed by atoms with Gasteiger partial charge in [0.05, 0.1) is 0 Å². The van der Waals surface area contributed by atoms with Crippen LogP contribution >= 0.6 is 0 Å². The molecule has 0 spiro atoms. The summed E-state index contributed by atoms with van der Waals surface area (Å²) in [6.45, 7) is 9.85. The number of aliphatic hydroxyl groups excluding tert-OH is 1. The topological polar surface area (TPSA) is 20.2 Å². The molecule has 1 saturated carbocycles. The van der Waals surface area contributed by atoms with Gasteiger partial charge in [-0.3, -0.25) is 0 Å². The quantitative estimate of drug-likeness (QED) is 0.748. The number of fused-ring (bicyclic) bond motifs is 3. The summed E-state index contributed by atoms with van der Waals surface area (Å²) in [5, 5.41) is 9.98. The van der Waals surface area contributed by atoms with Crippen molar-refractivity contribution in [3.05, 3.63) is 23.3 Å². The molecule has 1 N–H and O–H groups in total. The Morgan fingerprint density at radius 2 is 2.05 bits per heavy atom. The molecule has 0 aromatic heterocycles. The van der Waals surface area contributed by atoms with E-state index in [0.717, 1.165) is 5.92 Å². The van der Waals surface area contributed by atoms with Gasteiger partial charge in [-0.1, -0.05) is 51.8 Å². The molecular weight excluding hydrogens is 256 g/mol. The molecule has 0 aliphatic heterocycles. The summed E-state index contributed by atoms with van der Waals surface area (Å²) in [4.78, 5) is 0. The van der Waals surface area contributed by atoms with Crippen LogP contribution in [0.1, 0.15) is 66.2 Å². The van der Waals surface area contributed by atoms with E-state index in [1.807, 2.05) is 0 Å². The fraction of sp³-hybridized carbons (Fsp3) is 0.800. The molecule has 21 heavy (non-hydrogen) atoms. The van der Waals surface area contributed by atoms with Gasteiger partial charge in [0.25, 0.3) is 0 Å². The average Bonchev–Trinajstić information content (AvgIpc) is 2.46. The van der Waals surface area contributed by atoms with Crippen molar-refractivity contribution >= 4 is 0 Å². The van der Waals surface area contributed by atoms with E-state index in [0.29, 0.717) is 23.9 Å². The molecule has 4 atom stereocenters. The third-order valence-corrected chi connectivity index (χ3v) is 7.06. The molecule has 1 nitrogen and oxygen atoms in total. The van der Waals surface area contributed by atoms with Crippen LogP contribution in [0.4, 0.5) is 0 Å². The van der Waals surface area contributed by atoms with Gasteiger partial charge in [0.1, 0.15) is 0 Å². The lowest BCUT2D eigenvalue weighted by Crippen LogP contribution is -2.51. The van der Waals surface area contributed by atoms with Crippen LogP contribution in [0.2, 0.25) is 0 Å². The van der Waals surface area contributed by atoms with E-state index in [1.165, 1.54) is 38.5 Å². The minimum atomic E-state index is 0.136. The number of allylic oxidation sites excluding steroid dienone is 4. The molecule has 1 heteroatoms. The number of rotatable bonds is 2. The minimum Gasteiger partial charge on any atom is -0.396 e. The predicted octanol–water partition coefficient (Wildman–Crippen LogP) is 5.11. The normalized spacial score (nSPS) is 43.0. The summed E-state index contributed by atoms with van der Waals surface area (Å²) in [6, 6.07) is 0. The Morgan fingerprint density at radius 1 is 1.29 bits per heavy atom. The van der Waals surface area contributed by atoms with Gasteiger partial charge >= 0.3 is 0 Å². The zero-order chi connectivity index (χ0) is 15.3. The summed E-state index contributed by atoms with van der Waals surface area (Å²) >= 11 is 0. The third kappa shape index (κ3) is 2.32. The maximum atomic E-state index is 9.98. The fourth-order valence-corrected chi connectivity index (χ4v) is 5.66. The van der Waals surface area contributed by atoms with Gasteiger partial charge in [0.15, 0.2) is 0 Å². The summed E-state index contributed by atoms with van der Waals surface area (Å²) < 4.78 is 0. The van der Waals surface area contributed by atoms with Gasteiger partial charge in [-0.2, -0.15) is 0 Å². The SMILES string of the molecule is CC(C)C1=CC2=CCC3[C@@](C)(CO)CCC[C@]3(C)C2CC1. The van der Waals surface area contributed by atoms with Crippen LogP contribution in [0.5, 0.6) is 0 Å². The Morgan fingerprint density at radius 3 is 2.71 bits per heavy atom. The second kappa shape index (κ2) is 5.26. The van der Waals surface area contributed by atoms with Gasteiger partial charge in [-0.05, 0) is 66.3 Å². The highest BCUT2D eigenvalue weighted by Crippen LogP contribution is 2.61. The molecule has 3 aliphatic rings. The molecule has 2 unspecified atom stereocenters. The molecule has 3 rings (SSSR count). The second-order valence-electron chi connectivity index (χ2n) is 8.63. The van der Waals surface area contributed by atoms with Gasteiger partial charge in [-0.15, -0.1) is 0 Å². The highest BCUT2D eigenvalue weighted by molar-refractivity contribution is 5.35. The van der Waals surface area contributed by atoms with E-state index < -0.39 is 0 Å². The molecule has 0 aromatic carbocycles. The van der Waals surface area contributed by atoms with E-state index in [2.05, 4.69) is 39.8 Å². The predicted molar refractivity (Wildman–Crippen MR) is 89.0 cm³/mol. The molecule has 118 valence electrons. The summed E-state index contributed by atoms with van der Waals surface area (Å²) in [7, 11) is 0. The van der Waals surface area contributed by atoms with Crippen LogP contribution in [0.25, 0.3) is 0 Å². The minimum absolute atomic E-state index is 0.136. The number of hydrogen-bond donors (Lipinski definition) is 1. The molecule has 0 saturated heterocycles. The van der Waals surface area contributed by atoms with E-state index in [4.69, 9.17) is 0 Å². The lowest BCUT2D eigenvalue weighted by molar-refractivity contribution is -0.0737. The van der Waals surface area contributed by atoms with Crippen LogP contribution in [-0.4, -0.2) is 11.7 Å². The lowest BCUT2D eigenvalue weighted by Gasteiger charge is -2.58. The molecule has 3 aliphatic carbocycles. The first-order chi connectivity index (χ1) is 9.90. The zero-order valence-electron chi connectivity index (χ0n) is 14.3. The fourth-order valence-electron chi connectivity index (χ4n) is 5.66. The molecule has 0 amide bonds. The van der Waals surface area contributed by atoms with Crippen molar-refractivity contribution in [3.63, 3.8) is 0 Å².